The Morgan fingerprint density at radius 2 is 1.80 bits per heavy atom. The highest BCUT2D eigenvalue weighted by atomic mass is 19.2. The second kappa shape index (κ2) is 13.9. The Morgan fingerprint density at radius 1 is 1.11 bits per heavy atom. The molecule has 12 nitrogen and oxygen atoms in total. The van der Waals surface area contributed by atoms with Crippen molar-refractivity contribution in [1.29, 1.82) is 0 Å². The number of likely N-dealkylation sites (tertiary alicyclic amines) is 1. The number of urea groups is 2. The van der Waals surface area contributed by atoms with Gasteiger partial charge in [-0.05, 0) is 68.6 Å². The van der Waals surface area contributed by atoms with Gasteiger partial charge in [0.15, 0.2) is 11.6 Å². The van der Waals surface area contributed by atoms with Crippen molar-refractivity contribution >= 4 is 23.9 Å². The van der Waals surface area contributed by atoms with Crippen LogP contribution < -0.4 is 10.8 Å². The Labute approximate surface area is 252 Å². The summed E-state index contributed by atoms with van der Waals surface area (Å²) in [4.78, 5) is 54.6. The van der Waals surface area contributed by atoms with E-state index in [1.54, 1.807) is 6.92 Å². The fourth-order valence-corrected chi connectivity index (χ4v) is 5.85. The van der Waals surface area contributed by atoms with Crippen molar-refractivity contribution in [3.8, 4) is 0 Å². The van der Waals surface area contributed by atoms with Crippen LogP contribution in [0.15, 0.2) is 59.8 Å². The second-order valence-electron chi connectivity index (χ2n) is 10.6. The molecule has 1 unspecified atom stereocenters. The number of amides is 5. The van der Waals surface area contributed by atoms with Gasteiger partial charge in [-0.1, -0.05) is 43.3 Å². The van der Waals surface area contributed by atoms with E-state index in [0.717, 1.165) is 23.8 Å². The zero-order chi connectivity index (χ0) is 32.0. The number of hydrogen-bond acceptors (Lipinski definition) is 8. The number of piperidine rings is 1. The first-order valence-electron chi connectivity index (χ1n) is 14.2. The standard InChI is InChI=1S/C30H35F2N5O7/c1-3-23-24(26(38)34-42)25(19-10-11-21(31)22(32)18-19)37(28(40)33-23)29(41)36(43)15-7-14-35-16-12-30(13-17-35,27(39)44-2)20-8-5-4-6-9-20/h4-6,8-11,18,25,42-43H,3,7,12-17H2,1-2H3,(H,33,40)(H,34,38). The molecule has 44 heavy (non-hydrogen) atoms. The lowest BCUT2D eigenvalue weighted by Crippen LogP contribution is -2.55. The Kier molecular flexibility index (Phi) is 10.3. The zero-order valence-corrected chi connectivity index (χ0v) is 24.4. The number of methoxy groups -OCH3 is 1. The number of allylic oxidation sites excluding steroid dienone is 1. The number of halogens is 2. The van der Waals surface area contributed by atoms with Crippen molar-refractivity contribution in [1.82, 2.24) is 25.7 Å². The molecule has 0 saturated carbocycles. The van der Waals surface area contributed by atoms with Crippen molar-refractivity contribution in [2.45, 2.75) is 44.1 Å². The Morgan fingerprint density at radius 3 is 2.39 bits per heavy atom. The summed E-state index contributed by atoms with van der Waals surface area (Å²) in [6.45, 7) is 2.96. The van der Waals surface area contributed by atoms with E-state index in [1.165, 1.54) is 12.6 Å². The molecule has 2 aromatic rings. The average molecular weight is 616 g/mol. The first-order valence-corrected chi connectivity index (χ1v) is 14.2. The minimum absolute atomic E-state index is 0.0495. The molecule has 5 amide bonds. The number of carbonyl (C=O) groups is 4. The molecule has 0 aromatic heterocycles. The van der Waals surface area contributed by atoms with Gasteiger partial charge in [-0.25, -0.2) is 33.8 Å². The van der Waals surface area contributed by atoms with Crippen LogP contribution in [0.25, 0.3) is 0 Å². The fraction of sp³-hybridized carbons (Fsp3) is 0.400. The van der Waals surface area contributed by atoms with Gasteiger partial charge >= 0.3 is 18.0 Å². The minimum atomic E-state index is -1.59. The third-order valence-electron chi connectivity index (χ3n) is 8.18. The van der Waals surface area contributed by atoms with Gasteiger partial charge in [0, 0.05) is 5.70 Å². The monoisotopic (exact) mass is 615 g/mol. The first-order chi connectivity index (χ1) is 21.1. The molecule has 14 heteroatoms. The molecule has 4 rings (SSSR count). The highest BCUT2D eigenvalue weighted by Crippen LogP contribution is 2.38. The molecule has 0 bridgehead atoms. The molecule has 2 heterocycles. The van der Waals surface area contributed by atoms with E-state index in [1.807, 2.05) is 30.3 Å². The number of benzene rings is 2. The Balaban J connectivity index is 1.47. The predicted octanol–water partition coefficient (Wildman–Crippen LogP) is 3.61. The van der Waals surface area contributed by atoms with Gasteiger partial charge < -0.3 is 15.0 Å². The van der Waals surface area contributed by atoms with E-state index in [-0.39, 0.29) is 42.2 Å². The van der Waals surface area contributed by atoms with Crippen LogP contribution in [-0.2, 0) is 19.7 Å². The zero-order valence-electron chi connectivity index (χ0n) is 24.4. The van der Waals surface area contributed by atoms with Crippen molar-refractivity contribution in [3.05, 3.63) is 82.6 Å². The molecular formula is C30H35F2N5O7. The van der Waals surface area contributed by atoms with Gasteiger partial charge in [0.25, 0.3) is 5.91 Å². The maximum Gasteiger partial charge on any atom is 0.352 e. The SMILES string of the molecule is CCC1=C(C(=O)NO)C(c2ccc(F)c(F)c2)N(C(=O)N(O)CCCN2CCC(C(=O)OC)(c3ccccc3)CC2)C(=O)N1. The number of ether oxygens (including phenoxy) is 1. The number of nitrogens with zero attached hydrogens (tertiary/aromatic N) is 3. The summed E-state index contributed by atoms with van der Waals surface area (Å²) in [5, 5.41) is 22.8. The summed E-state index contributed by atoms with van der Waals surface area (Å²) in [6.07, 6.45) is 1.40. The topological polar surface area (TPSA) is 152 Å². The average Bonchev–Trinajstić information content (AvgIpc) is 3.05. The van der Waals surface area contributed by atoms with Gasteiger partial charge in [0.05, 0.1) is 24.6 Å². The summed E-state index contributed by atoms with van der Waals surface area (Å²) in [5.74, 6) is -3.86. The molecular weight excluding hydrogens is 580 g/mol. The highest BCUT2D eigenvalue weighted by Gasteiger charge is 2.45. The van der Waals surface area contributed by atoms with Crippen LogP contribution in [0.4, 0.5) is 18.4 Å². The van der Waals surface area contributed by atoms with Crippen LogP contribution in [0.2, 0.25) is 0 Å². The van der Waals surface area contributed by atoms with Crippen LogP contribution in [-0.4, -0.2) is 82.5 Å². The molecule has 1 fully saturated rings. The van der Waals surface area contributed by atoms with Crippen molar-refractivity contribution in [2.24, 2.45) is 0 Å². The van der Waals surface area contributed by atoms with Gasteiger partial charge in [-0.15, -0.1) is 0 Å². The van der Waals surface area contributed by atoms with E-state index >= 15 is 0 Å². The smallest absolute Gasteiger partial charge is 0.352 e. The molecule has 2 aromatic carbocycles. The maximum atomic E-state index is 14.2. The summed E-state index contributed by atoms with van der Waals surface area (Å²) in [5.41, 5.74) is 1.19. The van der Waals surface area contributed by atoms with Gasteiger partial charge in [-0.2, -0.15) is 0 Å². The number of imide groups is 1. The van der Waals surface area contributed by atoms with Crippen LogP contribution in [0.3, 0.4) is 0 Å². The third-order valence-corrected chi connectivity index (χ3v) is 8.18. The minimum Gasteiger partial charge on any atom is -0.468 e. The number of nitrogens with one attached hydrogen (secondary N) is 2. The molecule has 1 saturated heterocycles. The predicted molar refractivity (Wildman–Crippen MR) is 151 cm³/mol. The van der Waals surface area contributed by atoms with Gasteiger partial charge in [-0.3, -0.25) is 20.0 Å². The molecule has 2 aliphatic heterocycles. The maximum absolute atomic E-state index is 14.2. The second-order valence-corrected chi connectivity index (χ2v) is 10.6. The molecule has 236 valence electrons. The number of hydroxylamine groups is 3. The lowest BCUT2D eigenvalue weighted by Gasteiger charge is -2.40. The summed E-state index contributed by atoms with van der Waals surface area (Å²) in [7, 11) is 1.37. The molecule has 1 atom stereocenters. The number of hydrogen-bond donors (Lipinski definition) is 4. The summed E-state index contributed by atoms with van der Waals surface area (Å²) < 4.78 is 33.1. The summed E-state index contributed by atoms with van der Waals surface area (Å²) >= 11 is 0. The van der Waals surface area contributed by atoms with E-state index < -0.39 is 41.1 Å². The van der Waals surface area contributed by atoms with Crippen molar-refractivity contribution < 1.29 is 43.1 Å². The van der Waals surface area contributed by atoms with E-state index in [0.29, 0.717) is 42.4 Å². The largest absolute Gasteiger partial charge is 0.468 e. The lowest BCUT2D eigenvalue weighted by atomic mass is 9.72. The number of esters is 1. The normalized spacial score (nSPS) is 18.5. The van der Waals surface area contributed by atoms with Crippen LogP contribution >= 0.6 is 0 Å². The van der Waals surface area contributed by atoms with Crippen LogP contribution in [0.5, 0.6) is 0 Å². The van der Waals surface area contributed by atoms with Crippen LogP contribution in [0, 0.1) is 11.6 Å². The lowest BCUT2D eigenvalue weighted by molar-refractivity contribution is -0.149. The molecule has 4 N–H and O–H groups in total. The summed E-state index contributed by atoms with van der Waals surface area (Å²) in [6, 6.07) is 8.22. The van der Waals surface area contributed by atoms with Crippen LogP contribution in [0.1, 0.15) is 49.8 Å². The molecule has 0 radical (unpaired) electrons. The fourth-order valence-electron chi connectivity index (χ4n) is 5.85. The molecule has 0 aliphatic carbocycles. The third kappa shape index (κ3) is 6.42. The quantitative estimate of drug-likeness (QED) is 0.190. The highest BCUT2D eigenvalue weighted by molar-refractivity contribution is 6.03. The Bertz CT molecular complexity index is 1430. The van der Waals surface area contributed by atoms with E-state index in [9.17, 15) is 38.4 Å². The number of rotatable bonds is 9. The first kappa shape index (κ1) is 32.5. The number of carbonyl (C=O) groups excluding carboxylic acids is 4. The van der Waals surface area contributed by atoms with E-state index in [2.05, 4.69) is 10.2 Å². The van der Waals surface area contributed by atoms with Crippen molar-refractivity contribution in [2.75, 3.05) is 33.3 Å². The van der Waals surface area contributed by atoms with E-state index in [4.69, 9.17) is 4.74 Å². The molecule has 2 aliphatic rings. The van der Waals surface area contributed by atoms with Gasteiger partial charge in [0.2, 0.25) is 0 Å². The Hall–Kier alpha value is -4.40. The van der Waals surface area contributed by atoms with Crippen molar-refractivity contribution in [3.63, 3.8) is 0 Å². The van der Waals surface area contributed by atoms with Gasteiger partial charge in [0.1, 0.15) is 6.04 Å². The molecule has 0 spiro atoms.